The smallest absolute Gasteiger partial charge is 0.113 e. The fourth-order valence-electron chi connectivity index (χ4n) is 8.00. The van der Waals surface area contributed by atoms with Gasteiger partial charge < -0.3 is 4.57 Å². The highest BCUT2D eigenvalue weighted by molar-refractivity contribution is 7.30. The van der Waals surface area contributed by atoms with Crippen LogP contribution in [0.4, 0.5) is 0 Å². The lowest BCUT2D eigenvalue weighted by molar-refractivity contribution is 0.541. The molecule has 0 unspecified atom stereocenters. The summed E-state index contributed by atoms with van der Waals surface area (Å²) in [5, 5.41) is 0. The Morgan fingerprint density at radius 2 is 0.849 bits per heavy atom. The monoisotopic (exact) mass is 783 g/mol. The number of aryl methyl sites for hydroxylation is 3. The van der Waals surface area contributed by atoms with Crippen molar-refractivity contribution in [3.05, 3.63) is 47.5 Å². The van der Waals surface area contributed by atoms with Crippen LogP contribution in [0.3, 0.4) is 0 Å². The zero-order valence-corrected chi connectivity index (χ0v) is 35.4. The van der Waals surface area contributed by atoms with E-state index < -0.39 is 0 Å². The summed E-state index contributed by atoms with van der Waals surface area (Å²) in [4.78, 5) is 2.61. The summed E-state index contributed by atoms with van der Waals surface area (Å²) in [7, 11) is 0. The van der Waals surface area contributed by atoms with Crippen LogP contribution in [0.25, 0.3) is 63.4 Å². The molecule has 0 aliphatic rings. The van der Waals surface area contributed by atoms with Crippen molar-refractivity contribution in [1.29, 1.82) is 0 Å². The van der Waals surface area contributed by atoms with Gasteiger partial charge in [-0.25, -0.2) is 0 Å². The van der Waals surface area contributed by atoms with Gasteiger partial charge in [-0.1, -0.05) is 141 Å². The van der Waals surface area contributed by atoms with Crippen LogP contribution < -0.4 is 0 Å². The van der Waals surface area contributed by atoms with Crippen molar-refractivity contribution < 1.29 is 0 Å². The first kappa shape index (κ1) is 38.6. The SMILES string of the molecule is CCCCCCCCCCCCn1c2cc(-c3ccc(CCCCCC)c4nsnc34)sc2c2sc(-c3ccc(CCCCCC)c4nsnc34)cc21. The third-order valence-electron chi connectivity index (χ3n) is 11.1. The lowest BCUT2D eigenvalue weighted by Gasteiger charge is -2.07. The normalized spacial score (nSPS) is 12.1. The zero-order chi connectivity index (χ0) is 36.4. The minimum absolute atomic E-state index is 1.05. The number of hydrogen-bond donors (Lipinski definition) is 0. The minimum Gasteiger partial charge on any atom is -0.339 e. The summed E-state index contributed by atoms with van der Waals surface area (Å²) < 4.78 is 24.8. The van der Waals surface area contributed by atoms with Gasteiger partial charge in [-0.05, 0) is 55.4 Å². The summed E-state index contributed by atoms with van der Waals surface area (Å²) in [6, 6.07) is 14.2. The maximum absolute atomic E-state index is 4.87. The molecule has 2 aromatic carbocycles. The molecule has 5 nitrogen and oxygen atoms in total. The molecular formula is C44H57N5S4. The van der Waals surface area contributed by atoms with E-state index in [0.717, 1.165) is 41.5 Å². The molecule has 0 saturated carbocycles. The van der Waals surface area contributed by atoms with Crippen molar-refractivity contribution in [2.45, 2.75) is 156 Å². The van der Waals surface area contributed by atoms with Crippen molar-refractivity contribution in [3.63, 3.8) is 0 Å². The maximum atomic E-state index is 4.87. The molecule has 9 heteroatoms. The topological polar surface area (TPSA) is 56.5 Å². The Bertz CT molecular complexity index is 2060. The number of thiophene rings is 2. The molecule has 5 aromatic heterocycles. The van der Waals surface area contributed by atoms with Crippen LogP contribution in [0.5, 0.6) is 0 Å². The lowest BCUT2D eigenvalue weighted by atomic mass is 10.0. The van der Waals surface area contributed by atoms with Crippen LogP contribution in [0.15, 0.2) is 36.4 Å². The average molecular weight is 784 g/mol. The zero-order valence-electron chi connectivity index (χ0n) is 32.2. The van der Waals surface area contributed by atoms with E-state index in [1.165, 1.54) is 191 Å². The summed E-state index contributed by atoms with van der Waals surface area (Å²) in [6.45, 7) is 7.91. The van der Waals surface area contributed by atoms with Gasteiger partial charge >= 0.3 is 0 Å². The molecule has 0 amide bonds. The van der Waals surface area contributed by atoms with E-state index in [4.69, 9.17) is 17.5 Å². The van der Waals surface area contributed by atoms with Crippen molar-refractivity contribution in [3.8, 4) is 20.9 Å². The van der Waals surface area contributed by atoms with Crippen LogP contribution in [-0.2, 0) is 19.4 Å². The largest absolute Gasteiger partial charge is 0.339 e. The van der Waals surface area contributed by atoms with Gasteiger partial charge in [-0.2, -0.15) is 17.5 Å². The summed E-state index contributed by atoms with van der Waals surface area (Å²) in [5.41, 5.74) is 12.3. The molecule has 0 fully saturated rings. The van der Waals surface area contributed by atoms with Crippen LogP contribution >= 0.6 is 46.1 Å². The van der Waals surface area contributed by atoms with Crippen LogP contribution in [0.2, 0.25) is 0 Å². The Kier molecular flexibility index (Phi) is 14.0. The van der Waals surface area contributed by atoms with E-state index in [1.807, 2.05) is 22.7 Å². The molecule has 0 spiro atoms. The number of rotatable bonds is 23. The van der Waals surface area contributed by atoms with Crippen LogP contribution in [-0.4, -0.2) is 22.1 Å². The average Bonchev–Trinajstić information content (AvgIpc) is 4.02. The Morgan fingerprint density at radius 3 is 1.30 bits per heavy atom. The number of hydrogen-bond acceptors (Lipinski definition) is 8. The van der Waals surface area contributed by atoms with Crippen molar-refractivity contribution in [2.24, 2.45) is 0 Å². The maximum Gasteiger partial charge on any atom is 0.113 e. The second-order valence-electron chi connectivity index (χ2n) is 15.1. The van der Waals surface area contributed by atoms with Gasteiger partial charge in [0.1, 0.15) is 22.1 Å². The minimum atomic E-state index is 1.05. The lowest BCUT2D eigenvalue weighted by Crippen LogP contribution is -1.97. The van der Waals surface area contributed by atoms with Gasteiger partial charge in [0.15, 0.2) is 0 Å². The predicted octanol–water partition coefficient (Wildman–Crippen LogP) is 15.4. The predicted molar refractivity (Wildman–Crippen MR) is 236 cm³/mol. The molecule has 7 aromatic rings. The molecule has 0 N–H and O–H groups in total. The second kappa shape index (κ2) is 19.2. The Balaban J connectivity index is 1.18. The summed E-state index contributed by atoms with van der Waals surface area (Å²) >= 11 is 6.59. The first-order chi connectivity index (χ1) is 26.2. The van der Waals surface area contributed by atoms with Gasteiger partial charge in [0.05, 0.1) is 43.9 Å². The molecule has 0 radical (unpaired) electrons. The van der Waals surface area contributed by atoms with E-state index in [9.17, 15) is 0 Å². The van der Waals surface area contributed by atoms with Crippen molar-refractivity contribution >= 4 is 88.6 Å². The van der Waals surface area contributed by atoms with E-state index in [1.54, 1.807) is 0 Å². The molecule has 7 rings (SSSR count). The van der Waals surface area contributed by atoms with E-state index in [0.29, 0.717) is 0 Å². The van der Waals surface area contributed by atoms with Gasteiger partial charge in [-0.15, -0.1) is 22.7 Å². The van der Waals surface area contributed by atoms with Crippen LogP contribution in [0.1, 0.15) is 147 Å². The fourth-order valence-corrected chi connectivity index (χ4v) is 11.7. The van der Waals surface area contributed by atoms with Crippen molar-refractivity contribution in [2.75, 3.05) is 0 Å². The molecular weight excluding hydrogens is 727 g/mol. The first-order valence-corrected chi connectivity index (χ1v) is 23.9. The molecule has 0 saturated heterocycles. The third kappa shape index (κ3) is 8.90. The fraction of sp³-hybridized carbons (Fsp3) is 0.545. The van der Waals surface area contributed by atoms with Gasteiger partial charge in [-0.3, -0.25) is 0 Å². The molecule has 0 bridgehead atoms. The Morgan fingerprint density at radius 1 is 0.453 bits per heavy atom. The molecule has 53 heavy (non-hydrogen) atoms. The second-order valence-corrected chi connectivity index (χ2v) is 18.2. The molecule has 0 aliphatic heterocycles. The highest BCUT2D eigenvalue weighted by Crippen LogP contribution is 2.47. The van der Waals surface area contributed by atoms with E-state index in [-0.39, 0.29) is 0 Å². The quantitative estimate of drug-likeness (QED) is 0.0606. The summed E-state index contributed by atoms with van der Waals surface area (Å²) in [5.74, 6) is 0. The Hall–Kier alpha value is -2.72. The van der Waals surface area contributed by atoms with Gasteiger partial charge in [0, 0.05) is 27.4 Å². The molecule has 282 valence electrons. The number of unbranched alkanes of at least 4 members (excludes halogenated alkanes) is 15. The van der Waals surface area contributed by atoms with Crippen molar-refractivity contribution in [1.82, 2.24) is 22.1 Å². The molecule has 0 atom stereocenters. The number of fused-ring (bicyclic) bond motifs is 5. The third-order valence-corrected chi connectivity index (χ3v) is 14.6. The van der Waals surface area contributed by atoms with E-state index in [2.05, 4.69) is 61.7 Å². The molecule has 0 aliphatic carbocycles. The molecule has 5 heterocycles. The number of nitrogens with zero attached hydrogens (tertiary/aromatic N) is 5. The number of benzene rings is 2. The Labute approximate surface area is 332 Å². The number of aromatic nitrogens is 5. The summed E-state index contributed by atoms with van der Waals surface area (Å²) in [6.07, 6.45) is 25.8. The van der Waals surface area contributed by atoms with E-state index >= 15 is 0 Å². The van der Waals surface area contributed by atoms with Gasteiger partial charge in [0.25, 0.3) is 0 Å². The van der Waals surface area contributed by atoms with Crippen LogP contribution in [0, 0.1) is 0 Å². The highest BCUT2D eigenvalue weighted by Gasteiger charge is 2.22. The van der Waals surface area contributed by atoms with Gasteiger partial charge in [0.2, 0.25) is 0 Å². The highest BCUT2D eigenvalue weighted by atomic mass is 32.1. The first-order valence-electron chi connectivity index (χ1n) is 20.8. The standard InChI is InChI=1S/C44H57N5S4/c1-4-7-10-13-14-15-16-17-18-21-28-49-35-29-37(33-26-24-31(22-19-11-8-5-2)39-41(33)47-52-45-39)50-43(35)44-36(49)30-38(51-44)34-27-25-32(23-20-12-9-6-3)40-42(34)48-53-46-40/h24-27,29-30H,4-23,28H2,1-3H3.